The maximum Gasteiger partial charge on any atom is 0.254 e. The molecule has 1 fully saturated rings. The number of amidine groups is 1. The average molecular weight is 293 g/mol. The molecule has 0 aliphatic carbocycles. The van der Waals surface area contributed by atoms with E-state index in [1.807, 2.05) is 6.92 Å². The summed E-state index contributed by atoms with van der Waals surface area (Å²) in [6.07, 6.45) is -0.503. The van der Waals surface area contributed by atoms with Gasteiger partial charge in [-0.2, -0.15) is 0 Å². The maximum absolute atomic E-state index is 12.5. The zero-order valence-electron chi connectivity index (χ0n) is 11.8. The highest BCUT2D eigenvalue weighted by Gasteiger charge is 2.28. The minimum atomic E-state index is -0.370. The first-order valence-corrected chi connectivity index (χ1v) is 6.68. The Hall–Kier alpha value is -2.12. The van der Waals surface area contributed by atoms with Gasteiger partial charge in [0, 0.05) is 24.2 Å². The number of oxime groups is 1. The number of nitrogens with zero attached hydrogens (tertiary/aromatic N) is 2. The quantitative estimate of drug-likeness (QED) is 0.315. The number of ether oxygens (including phenoxy) is 1. The second-order valence-corrected chi connectivity index (χ2v) is 5.03. The standard InChI is InChI=1S/C14H19N3O4/c1-9-6-17(7-12(8-18)21-9)14(19)11-4-2-3-10(5-11)13(15)16-20/h2-5,9,12,18,20H,6-8H2,1H3,(H2,15,16). The van der Waals surface area contributed by atoms with Gasteiger partial charge in [0.05, 0.1) is 18.8 Å². The molecular weight excluding hydrogens is 274 g/mol. The third-order valence-electron chi connectivity index (χ3n) is 3.33. The normalized spacial score (nSPS) is 23.1. The summed E-state index contributed by atoms with van der Waals surface area (Å²) in [5.41, 5.74) is 6.45. The van der Waals surface area contributed by atoms with Crippen LogP contribution in [0.5, 0.6) is 0 Å². The van der Waals surface area contributed by atoms with Gasteiger partial charge >= 0.3 is 0 Å². The first kappa shape index (κ1) is 15.3. The zero-order chi connectivity index (χ0) is 15.4. The molecule has 1 aliphatic heterocycles. The zero-order valence-corrected chi connectivity index (χ0v) is 11.8. The van der Waals surface area contributed by atoms with Gasteiger partial charge in [0.25, 0.3) is 5.91 Å². The molecule has 2 atom stereocenters. The number of hydrogen-bond acceptors (Lipinski definition) is 5. The predicted octanol–water partition coefficient (Wildman–Crippen LogP) is 0.00290. The number of nitrogens with two attached hydrogens (primary N) is 1. The van der Waals surface area contributed by atoms with Crippen molar-refractivity contribution in [1.82, 2.24) is 4.90 Å². The van der Waals surface area contributed by atoms with Gasteiger partial charge in [-0.05, 0) is 19.1 Å². The van der Waals surface area contributed by atoms with E-state index in [0.717, 1.165) is 0 Å². The minimum Gasteiger partial charge on any atom is -0.409 e. The number of amides is 1. The van der Waals surface area contributed by atoms with Crippen LogP contribution in [-0.2, 0) is 4.74 Å². The Bertz CT molecular complexity index is 547. The van der Waals surface area contributed by atoms with Gasteiger partial charge in [0.1, 0.15) is 0 Å². The van der Waals surface area contributed by atoms with Crippen molar-refractivity contribution in [3.8, 4) is 0 Å². The topological polar surface area (TPSA) is 108 Å². The lowest BCUT2D eigenvalue weighted by atomic mass is 10.1. The van der Waals surface area contributed by atoms with E-state index in [4.69, 9.17) is 15.7 Å². The van der Waals surface area contributed by atoms with Crippen LogP contribution in [0, 0.1) is 0 Å². The van der Waals surface area contributed by atoms with E-state index >= 15 is 0 Å². The molecule has 1 saturated heterocycles. The van der Waals surface area contributed by atoms with Crippen molar-refractivity contribution in [3.05, 3.63) is 35.4 Å². The lowest BCUT2D eigenvalue weighted by Crippen LogP contribution is -2.50. The largest absolute Gasteiger partial charge is 0.409 e. The van der Waals surface area contributed by atoms with Gasteiger partial charge in [-0.25, -0.2) is 0 Å². The van der Waals surface area contributed by atoms with Crippen molar-refractivity contribution < 1.29 is 19.8 Å². The maximum atomic E-state index is 12.5. The summed E-state index contributed by atoms with van der Waals surface area (Å²) in [5.74, 6) is -0.218. The predicted molar refractivity (Wildman–Crippen MR) is 76.3 cm³/mol. The van der Waals surface area contributed by atoms with Crippen LogP contribution in [-0.4, -0.2) is 58.9 Å². The van der Waals surface area contributed by atoms with Crippen molar-refractivity contribution in [2.24, 2.45) is 10.9 Å². The van der Waals surface area contributed by atoms with Crippen molar-refractivity contribution in [1.29, 1.82) is 0 Å². The monoisotopic (exact) mass is 293 g/mol. The first-order chi connectivity index (χ1) is 10.0. The second kappa shape index (κ2) is 6.55. The molecule has 2 unspecified atom stereocenters. The fraction of sp³-hybridized carbons (Fsp3) is 0.429. The van der Waals surface area contributed by atoms with Crippen molar-refractivity contribution in [3.63, 3.8) is 0 Å². The first-order valence-electron chi connectivity index (χ1n) is 6.68. The van der Waals surface area contributed by atoms with E-state index in [1.54, 1.807) is 29.2 Å². The van der Waals surface area contributed by atoms with Crippen molar-refractivity contribution in [2.45, 2.75) is 19.1 Å². The van der Waals surface area contributed by atoms with Crippen LogP contribution < -0.4 is 5.73 Å². The average Bonchev–Trinajstić information content (AvgIpc) is 2.52. The number of aliphatic hydroxyl groups excluding tert-OH is 1. The summed E-state index contributed by atoms with van der Waals surface area (Å²) in [6, 6.07) is 6.58. The summed E-state index contributed by atoms with van der Waals surface area (Å²) in [4.78, 5) is 14.2. The van der Waals surface area contributed by atoms with Crippen LogP contribution in [0.4, 0.5) is 0 Å². The van der Waals surface area contributed by atoms with Gasteiger partial charge in [-0.3, -0.25) is 4.79 Å². The summed E-state index contributed by atoms with van der Waals surface area (Å²) in [5, 5.41) is 20.8. The van der Waals surface area contributed by atoms with Gasteiger partial charge in [-0.1, -0.05) is 17.3 Å². The molecule has 114 valence electrons. The number of aliphatic hydroxyl groups is 1. The highest BCUT2D eigenvalue weighted by atomic mass is 16.5. The molecule has 7 heteroatoms. The summed E-state index contributed by atoms with van der Waals surface area (Å²) >= 11 is 0. The van der Waals surface area contributed by atoms with E-state index < -0.39 is 0 Å². The molecule has 21 heavy (non-hydrogen) atoms. The van der Waals surface area contributed by atoms with Crippen LogP contribution >= 0.6 is 0 Å². The van der Waals surface area contributed by atoms with Crippen LogP contribution in [0.25, 0.3) is 0 Å². The second-order valence-electron chi connectivity index (χ2n) is 5.03. The van der Waals surface area contributed by atoms with Crippen molar-refractivity contribution >= 4 is 11.7 Å². The van der Waals surface area contributed by atoms with Crippen molar-refractivity contribution in [2.75, 3.05) is 19.7 Å². The van der Waals surface area contributed by atoms with Gasteiger partial charge in [0.2, 0.25) is 0 Å². The number of carbonyl (C=O) groups excluding carboxylic acids is 1. The molecule has 4 N–H and O–H groups in total. The molecule has 0 radical (unpaired) electrons. The number of rotatable bonds is 3. The molecule has 0 aromatic heterocycles. The Morgan fingerprint density at radius 3 is 2.86 bits per heavy atom. The molecule has 0 bridgehead atoms. The molecule has 1 aromatic carbocycles. The Balaban J connectivity index is 2.19. The Kier molecular flexibility index (Phi) is 4.77. The fourth-order valence-corrected chi connectivity index (χ4v) is 2.36. The van der Waals surface area contributed by atoms with E-state index in [1.165, 1.54) is 0 Å². The highest BCUT2D eigenvalue weighted by Crippen LogP contribution is 2.15. The Morgan fingerprint density at radius 1 is 1.48 bits per heavy atom. The molecule has 7 nitrogen and oxygen atoms in total. The molecule has 2 rings (SSSR count). The summed E-state index contributed by atoms with van der Waals surface area (Å²) in [7, 11) is 0. The number of carbonyl (C=O) groups is 1. The van der Waals surface area contributed by atoms with E-state index in [9.17, 15) is 9.90 Å². The van der Waals surface area contributed by atoms with Gasteiger partial charge in [0.15, 0.2) is 5.84 Å². The molecule has 0 spiro atoms. The van der Waals surface area contributed by atoms with E-state index in [2.05, 4.69) is 5.16 Å². The summed E-state index contributed by atoms with van der Waals surface area (Å²) in [6.45, 7) is 2.53. The Morgan fingerprint density at radius 2 is 2.19 bits per heavy atom. The molecular formula is C14H19N3O4. The fourth-order valence-electron chi connectivity index (χ4n) is 2.36. The summed E-state index contributed by atoms with van der Waals surface area (Å²) < 4.78 is 5.52. The Labute approximate surface area is 122 Å². The number of morpholine rings is 1. The number of benzene rings is 1. The molecule has 1 heterocycles. The van der Waals surface area contributed by atoms with Crippen LogP contribution in [0.3, 0.4) is 0 Å². The molecule has 1 amide bonds. The SMILES string of the molecule is CC1CN(C(=O)c2cccc(/C(N)=N/O)c2)CC(CO)O1. The molecule has 0 saturated carbocycles. The van der Waals surface area contributed by atoms with Gasteiger partial charge < -0.3 is 25.7 Å². The molecule has 1 aliphatic rings. The minimum absolute atomic E-state index is 0.0479. The number of hydrogen-bond donors (Lipinski definition) is 3. The smallest absolute Gasteiger partial charge is 0.254 e. The van der Waals surface area contributed by atoms with E-state index in [-0.39, 0.29) is 30.6 Å². The van der Waals surface area contributed by atoms with Crippen LogP contribution in [0.2, 0.25) is 0 Å². The third kappa shape index (κ3) is 3.50. The van der Waals surface area contributed by atoms with Gasteiger partial charge in [-0.15, -0.1) is 0 Å². The highest BCUT2D eigenvalue weighted by molar-refractivity contribution is 6.01. The van der Waals surface area contributed by atoms with Crippen LogP contribution in [0.15, 0.2) is 29.4 Å². The van der Waals surface area contributed by atoms with Crippen LogP contribution in [0.1, 0.15) is 22.8 Å². The lowest BCUT2D eigenvalue weighted by molar-refractivity contribution is -0.0858. The third-order valence-corrected chi connectivity index (χ3v) is 3.33. The lowest BCUT2D eigenvalue weighted by Gasteiger charge is -2.36. The van der Waals surface area contributed by atoms with E-state index in [0.29, 0.717) is 24.2 Å². The molecule has 1 aromatic rings.